The van der Waals surface area contributed by atoms with Gasteiger partial charge in [-0.15, -0.1) is 0 Å². The van der Waals surface area contributed by atoms with Crippen LogP contribution in [0.25, 0.3) is 11.1 Å². The predicted octanol–water partition coefficient (Wildman–Crippen LogP) is 5.69. The average Bonchev–Trinajstić information content (AvgIpc) is 3.01. The molecule has 0 fully saturated rings. The molecule has 0 aliphatic heterocycles. The first-order valence-corrected chi connectivity index (χ1v) is 9.43. The van der Waals surface area contributed by atoms with Gasteiger partial charge < -0.3 is 10.1 Å². The molecule has 0 spiro atoms. The molecule has 27 heavy (non-hydrogen) atoms. The van der Waals surface area contributed by atoms with Crippen molar-refractivity contribution in [1.29, 1.82) is 0 Å². The minimum absolute atomic E-state index is 0.247. The second-order valence-electron chi connectivity index (χ2n) is 7.24. The fraction of sp³-hybridized carbons (Fsp3) is 0.200. The second-order valence-corrected chi connectivity index (χ2v) is 7.24. The molecule has 0 atom stereocenters. The maximum atomic E-state index is 6.03. The van der Waals surface area contributed by atoms with Crippen molar-refractivity contribution in [2.75, 3.05) is 6.61 Å². The number of hydrogen-bond donors (Lipinski definition) is 1. The summed E-state index contributed by atoms with van der Waals surface area (Å²) in [5, 5.41) is 3.32. The van der Waals surface area contributed by atoms with Crippen molar-refractivity contribution in [3.8, 4) is 11.1 Å². The minimum atomic E-state index is 0.247. The summed E-state index contributed by atoms with van der Waals surface area (Å²) in [4.78, 5) is 0. The van der Waals surface area contributed by atoms with Gasteiger partial charge in [-0.1, -0.05) is 72.3 Å². The van der Waals surface area contributed by atoms with Crippen molar-refractivity contribution in [3.05, 3.63) is 107 Å². The Morgan fingerprint density at radius 1 is 0.926 bits per heavy atom. The Morgan fingerprint density at radius 3 is 2.22 bits per heavy atom. The van der Waals surface area contributed by atoms with Crippen LogP contribution in [0.3, 0.4) is 0 Å². The molecule has 0 heterocycles. The van der Waals surface area contributed by atoms with Gasteiger partial charge in [-0.3, -0.25) is 0 Å². The van der Waals surface area contributed by atoms with Gasteiger partial charge in [0.1, 0.15) is 6.61 Å². The third-order valence-electron chi connectivity index (χ3n) is 5.37. The van der Waals surface area contributed by atoms with E-state index in [1.807, 2.05) is 0 Å². The topological polar surface area (TPSA) is 21.3 Å². The smallest absolute Gasteiger partial charge is 0.179 e. The molecule has 0 radical (unpaired) electrons. The SMILES string of the molecule is C=C(NCc1cc(C)ccc1C)OCC1c2ccccc2-c2ccccc21. The molecule has 0 aromatic heterocycles. The van der Waals surface area contributed by atoms with E-state index in [9.17, 15) is 0 Å². The molecule has 3 aromatic carbocycles. The number of hydrogen-bond acceptors (Lipinski definition) is 2. The largest absolute Gasteiger partial charge is 0.479 e. The van der Waals surface area contributed by atoms with Crippen molar-refractivity contribution >= 4 is 0 Å². The van der Waals surface area contributed by atoms with E-state index in [0.717, 1.165) is 6.54 Å². The van der Waals surface area contributed by atoms with E-state index >= 15 is 0 Å². The van der Waals surface area contributed by atoms with Crippen LogP contribution in [0.4, 0.5) is 0 Å². The first-order valence-electron chi connectivity index (χ1n) is 9.43. The van der Waals surface area contributed by atoms with E-state index in [-0.39, 0.29) is 5.92 Å². The van der Waals surface area contributed by atoms with Gasteiger partial charge in [0.25, 0.3) is 0 Å². The zero-order valence-electron chi connectivity index (χ0n) is 16.0. The van der Waals surface area contributed by atoms with Gasteiger partial charge in [-0.05, 0) is 53.8 Å². The molecule has 136 valence electrons. The highest BCUT2D eigenvalue weighted by Crippen LogP contribution is 2.44. The third-order valence-corrected chi connectivity index (χ3v) is 5.37. The summed E-state index contributed by atoms with van der Waals surface area (Å²) >= 11 is 0. The highest BCUT2D eigenvalue weighted by molar-refractivity contribution is 5.78. The quantitative estimate of drug-likeness (QED) is 0.573. The van der Waals surface area contributed by atoms with Gasteiger partial charge in [0.15, 0.2) is 5.88 Å². The standard InChI is InChI=1S/C25H25NO/c1-17-12-13-18(2)20(14-17)15-26-19(3)27-16-25-23-10-6-4-8-21(23)22-9-5-7-11-24(22)25/h4-14,25-26H,3,15-16H2,1-2H3. The summed E-state index contributed by atoms with van der Waals surface area (Å²) < 4.78 is 6.03. The van der Waals surface area contributed by atoms with Crippen LogP contribution in [-0.2, 0) is 11.3 Å². The van der Waals surface area contributed by atoms with Gasteiger partial charge in [-0.2, -0.15) is 0 Å². The van der Waals surface area contributed by atoms with Crippen molar-refractivity contribution in [1.82, 2.24) is 5.32 Å². The number of aryl methyl sites for hydroxylation is 2. The molecular formula is C25H25NO. The molecule has 0 bridgehead atoms. The Kier molecular flexibility index (Phi) is 4.72. The lowest BCUT2D eigenvalue weighted by Gasteiger charge is -2.18. The number of rotatable bonds is 6. The van der Waals surface area contributed by atoms with Crippen LogP contribution in [0, 0.1) is 13.8 Å². The molecule has 4 rings (SSSR count). The minimum Gasteiger partial charge on any atom is -0.479 e. The fourth-order valence-corrected chi connectivity index (χ4v) is 3.86. The van der Waals surface area contributed by atoms with E-state index < -0.39 is 0 Å². The molecule has 0 saturated heterocycles. The predicted molar refractivity (Wildman–Crippen MR) is 112 cm³/mol. The highest BCUT2D eigenvalue weighted by atomic mass is 16.5. The van der Waals surface area contributed by atoms with Crippen LogP contribution >= 0.6 is 0 Å². The lowest BCUT2D eigenvalue weighted by Crippen LogP contribution is -2.17. The fourth-order valence-electron chi connectivity index (χ4n) is 3.86. The summed E-state index contributed by atoms with van der Waals surface area (Å²) in [7, 11) is 0. The number of fused-ring (bicyclic) bond motifs is 3. The summed E-state index contributed by atoms with van der Waals surface area (Å²) in [6, 6.07) is 23.7. The van der Waals surface area contributed by atoms with E-state index in [4.69, 9.17) is 4.74 Å². The first kappa shape index (κ1) is 17.4. The van der Waals surface area contributed by atoms with Crippen molar-refractivity contribution in [2.24, 2.45) is 0 Å². The molecule has 1 aliphatic rings. The van der Waals surface area contributed by atoms with Crippen LogP contribution in [0.5, 0.6) is 0 Å². The van der Waals surface area contributed by atoms with E-state index in [0.29, 0.717) is 12.5 Å². The number of benzene rings is 3. The van der Waals surface area contributed by atoms with Crippen LogP contribution in [0.2, 0.25) is 0 Å². The zero-order chi connectivity index (χ0) is 18.8. The lowest BCUT2D eigenvalue weighted by atomic mass is 9.98. The van der Waals surface area contributed by atoms with Crippen LogP contribution in [0.15, 0.2) is 79.2 Å². The maximum Gasteiger partial charge on any atom is 0.179 e. The summed E-state index contributed by atoms with van der Waals surface area (Å²) in [6.07, 6.45) is 0. The summed E-state index contributed by atoms with van der Waals surface area (Å²) in [5.74, 6) is 0.870. The van der Waals surface area contributed by atoms with Crippen molar-refractivity contribution < 1.29 is 4.74 Å². The molecule has 1 N–H and O–H groups in total. The molecule has 2 heteroatoms. The first-order chi connectivity index (χ1) is 13.1. The van der Waals surface area contributed by atoms with Crippen molar-refractivity contribution in [2.45, 2.75) is 26.3 Å². The maximum absolute atomic E-state index is 6.03. The highest BCUT2D eigenvalue weighted by Gasteiger charge is 2.28. The Labute approximate surface area is 161 Å². The van der Waals surface area contributed by atoms with E-state index in [1.165, 1.54) is 38.9 Å². The second kappa shape index (κ2) is 7.32. The summed E-state index contributed by atoms with van der Waals surface area (Å²) in [5.41, 5.74) is 9.12. The monoisotopic (exact) mass is 355 g/mol. The van der Waals surface area contributed by atoms with Crippen LogP contribution < -0.4 is 5.32 Å². The molecule has 3 aromatic rings. The Morgan fingerprint density at radius 2 is 1.56 bits per heavy atom. The molecular weight excluding hydrogens is 330 g/mol. The van der Waals surface area contributed by atoms with Crippen LogP contribution in [0.1, 0.15) is 33.7 Å². The van der Waals surface area contributed by atoms with Gasteiger partial charge in [0, 0.05) is 12.5 Å². The van der Waals surface area contributed by atoms with Gasteiger partial charge >= 0.3 is 0 Å². The Balaban J connectivity index is 1.43. The molecule has 0 unspecified atom stereocenters. The van der Waals surface area contributed by atoms with Crippen LogP contribution in [-0.4, -0.2) is 6.61 Å². The third kappa shape index (κ3) is 3.48. The normalized spacial score (nSPS) is 12.4. The molecule has 2 nitrogen and oxygen atoms in total. The summed E-state index contributed by atoms with van der Waals surface area (Å²) in [6.45, 7) is 9.62. The Hall–Kier alpha value is -3.00. The lowest BCUT2D eigenvalue weighted by molar-refractivity contribution is 0.184. The molecule has 1 aliphatic carbocycles. The molecule has 0 amide bonds. The van der Waals surface area contributed by atoms with Crippen molar-refractivity contribution in [3.63, 3.8) is 0 Å². The van der Waals surface area contributed by atoms with E-state index in [1.54, 1.807) is 0 Å². The van der Waals surface area contributed by atoms with E-state index in [2.05, 4.69) is 92.5 Å². The molecule has 0 saturated carbocycles. The zero-order valence-corrected chi connectivity index (χ0v) is 16.0. The average molecular weight is 355 g/mol. The van der Waals surface area contributed by atoms with Gasteiger partial charge in [0.05, 0.1) is 0 Å². The Bertz CT molecular complexity index is 944. The number of nitrogens with one attached hydrogen (secondary N) is 1. The number of ether oxygens (including phenoxy) is 1. The van der Waals surface area contributed by atoms with Gasteiger partial charge in [0.2, 0.25) is 0 Å². The van der Waals surface area contributed by atoms with Gasteiger partial charge in [-0.25, -0.2) is 0 Å².